The molecule has 0 fully saturated rings. The first-order valence-electron chi connectivity index (χ1n) is 10.3. The van der Waals surface area contributed by atoms with E-state index < -0.39 is 11.6 Å². The van der Waals surface area contributed by atoms with Crippen LogP contribution in [-0.2, 0) is 17.9 Å². The molecule has 0 bridgehead atoms. The van der Waals surface area contributed by atoms with E-state index in [1.807, 2.05) is 0 Å². The van der Waals surface area contributed by atoms with Crippen LogP contribution in [-0.4, -0.2) is 52.7 Å². The van der Waals surface area contributed by atoms with Crippen LogP contribution in [0, 0.1) is 17.5 Å². The third kappa shape index (κ3) is 3.72. The molecule has 3 aliphatic rings. The first-order valence-corrected chi connectivity index (χ1v) is 10.3. The van der Waals surface area contributed by atoms with Crippen molar-refractivity contribution < 1.29 is 18.0 Å². The molecule has 2 aromatic carbocycles. The average molecular weight is 426 g/mol. The van der Waals surface area contributed by atoms with E-state index in [0.29, 0.717) is 56.2 Å². The van der Waals surface area contributed by atoms with E-state index in [1.54, 1.807) is 23.1 Å². The lowest BCUT2D eigenvalue weighted by Gasteiger charge is -2.42. The Labute approximate surface area is 178 Å². The van der Waals surface area contributed by atoms with Crippen LogP contribution in [0.25, 0.3) is 0 Å². The molecular formula is C23H21F3N4O. The number of rotatable bonds is 4. The summed E-state index contributed by atoms with van der Waals surface area (Å²) in [5.41, 5.74) is 3.19. The fourth-order valence-electron chi connectivity index (χ4n) is 4.42. The van der Waals surface area contributed by atoms with Crippen molar-refractivity contribution >= 4 is 11.9 Å². The number of nitrogens with zero attached hydrogens (tertiary/aromatic N) is 4. The largest absolute Gasteiger partial charge is 0.314 e. The standard InChI is InChI=1S/C23H21F3N4O/c24-17-4-1-15(2-5-17)13-30-22(31)18-14-28(12-16-3-6-19(25)20(26)11-16)9-7-21(18)29-10-8-27-23(29)30/h1-6,11H,7-10,12-14H2. The van der Waals surface area contributed by atoms with Crippen LogP contribution < -0.4 is 0 Å². The van der Waals surface area contributed by atoms with E-state index in [9.17, 15) is 18.0 Å². The number of amides is 1. The van der Waals surface area contributed by atoms with Gasteiger partial charge in [-0.25, -0.2) is 13.2 Å². The van der Waals surface area contributed by atoms with Gasteiger partial charge in [0, 0.05) is 38.3 Å². The van der Waals surface area contributed by atoms with Gasteiger partial charge in [0.15, 0.2) is 11.6 Å². The Morgan fingerprint density at radius 2 is 1.68 bits per heavy atom. The Hall–Kier alpha value is -3.13. The van der Waals surface area contributed by atoms with Crippen molar-refractivity contribution in [2.75, 3.05) is 26.2 Å². The first kappa shape index (κ1) is 19.8. The maximum absolute atomic E-state index is 13.6. The van der Waals surface area contributed by atoms with Gasteiger partial charge in [-0.1, -0.05) is 18.2 Å². The summed E-state index contributed by atoms with van der Waals surface area (Å²) in [6.07, 6.45) is 0.689. The topological polar surface area (TPSA) is 39.2 Å². The molecule has 3 aliphatic heterocycles. The fraction of sp³-hybridized carbons (Fsp3) is 0.304. The molecule has 160 valence electrons. The van der Waals surface area contributed by atoms with Gasteiger partial charge in [0.25, 0.3) is 5.91 Å². The van der Waals surface area contributed by atoms with Crippen LogP contribution in [0.4, 0.5) is 13.2 Å². The average Bonchev–Trinajstić information content (AvgIpc) is 3.25. The number of guanidine groups is 1. The summed E-state index contributed by atoms with van der Waals surface area (Å²) in [5, 5.41) is 0. The Balaban J connectivity index is 1.39. The number of hydrogen-bond acceptors (Lipinski definition) is 4. The van der Waals surface area contributed by atoms with Crippen LogP contribution in [0.15, 0.2) is 58.7 Å². The molecule has 0 aliphatic carbocycles. The van der Waals surface area contributed by atoms with E-state index in [0.717, 1.165) is 23.9 Å². The smallest absolute Gasteiger partial charge is 0.259 e. The summed E-state index contributed by atoms with van der Waals surface area (Å²) in [4.78, 5) is 23.8. The van der Waals surface area contributed by atoms with Gasteiger partial charge in [-0.05, 0) is 35.4 Å². The predicted molar refractivity (Wildman–Crippen MR) is 109 cm³/mol. The molecule has 1 amide bonds. The van der Waals surface area contributed by atoms with Crippen molar-refractivity contribution in [3.8, 4) is 0 Å². The number of halogens is 3. The summed E-state index contributed by atoms with van der Waals surface area (Å²) in [7, 11) is 0. The predicted octanol–water partition coefficient (Wildman–Crippen LogP) is 3.28. The lowest BCUT2D eigenvalue weighted by molar-refractivity contribution is -0.125. The molecule has 5 rings (SSSR count). The van der Waals surface area contributed by atoms with Gasteiger partial charge in [0.2, 0.25) is 5.96 Å². The van der Waals surface area contributed by atoms with E-state index in [-0.39, 0.29) is 11.7 Å². The minimum Gasteiger partial charge on any atom is -0.314 e. The molecule has 8 heteroatoms. The zero-order valence-electron chi connectivity index (χ0n) is 16.8. The normalized spacial score (nSPS) is 18.9. The highest BCUT2D eigenvalue weighted by Gasteiger charge is 2.40. The number of carbonyl (C=O) groups excluding carboxylic acids is 1. The maximum Gasteiger partial charge on any atom is 0.259 e. The molecule has 0 atom stereocenters. The third-order valence-corrected chi connectivity index (χ3v) is 5.93. The van der Waals surface area contributed by atoms with Crippen LogP contribution in [0.3, 0.4) is 0 Å². The monoisotopic (exact) mass is 426 g/mol. The summed E-state index contributed by atoms with van der Waals surface area (Å²) >= 11 is 0. The zero-order chi connectivity index (χ0) is 21.5. The lowest BCUT2D eigenvalue weighted by Crippen LogP contribution is -2.53. The van der Waals surface area contributed by atoms with E-state index >= 15 is 0 Å². The molecule has 0 saturated heterocycles. The lowest BCUT2D eigenvalue weighted by atomic mass is 10.00. The second-order valence-electron chi connectivity index (χ2n) is 7.99. The molecule has 0 unspecified atom stereocenters. The summed E-state index contributed by atoms with van der Waals surface area (Å²) in [6.45, 7) is 3.24. The number of aliphatic imine (C=N–C) groups is 1. The summed E-state index contributed by atoms with van der Waals surface area (Å²) in [6, 6.07) is 10.00. The molecular weight excluding hydrogens is 405 g/mol. The molecule has 3 heterocycles. The molecule has 31 heavy (non-hydrogen) atoms. The van der Waals surface area contributed by atoms with Crippen LogP contribution in [0.2, 0.25) is 0 Å². The van der Waals surface area contributed by atoms with Crippen LogP contribution >= 0.6 is 0 Å². The highest BCUT2D eigenvalue weighted by molar-refractivity contribution is 6.09. The van der Waals surface area contributed by atoms with Crippen molar-refractivity contribution in [2.24, 2.45) is 4.99 Å². The maximum atomic E-state index is 13.6. The van der Waals surface area contributed by atoms with Gasteiger partial charge in [-0.3, -0.25) is 19.6 Å². The Morgan fingerprint density at radius 3 is 2.45 bits per heavy atom. The Kier molecular flexibility index (Phi) is 5.02. The molecule has 0 N–H and O–H groups in total. The van der Waals surface area contributed by atoms with Crippen molar-refractivity contribution in [2.45, 2.75) is 19.5 Å². The number of hydrogen-bond donors (Lipinski definition) is 0. The van der Waals surface area contributed by atoms with Gasteiger partial charge in [0.1, 0.15) is 5.82 Å². The molecule has 0 aromatic heterocycles. The number of carbonyl (C=O) groups is 1. The first-order chi connectivity index (χ1) is 15.0. The molecule has 2 aromatic rings. The molecule has 0 radical (unpaired) electrons. The number of fused-ring (bicyclic) bond motifs is 2. The summed E-state index contributed by atoms with van der Waals surface area (Å²) in [5.74, 6) is -1.51. The second-order valence-corrected chi connectivity index (χ2v) is 7.99. The molecule has 5 nitrogen and oxygen atoms in total. The van der Waals surface area contributed by atoms with Crippen LogP contribution in [0.1, 0.15) is 17.5 Å². The van der Waals surface area contributed by atoms with Crippen LogP contribution in [0.5, 0.6) is 0 Å². The fourth-order valence-corrected chi connectivity index (χ4v) is 4.42. The second kappa shape index (κ2) is 7.85. The van der Waals surface area contributed by atoms with Gasteiger partial charge < -0.3 is 4.90 Å². The molecule has 0 spiro atoms. The zero-order valence-corrected chi connectivity index (χ0v) is 16.8. The van der Waals surface area contributed by atoms with Gasteiger partial charge in [0.05, 0.1) is 18.7 Å². The quantitative estimate of drug-likeness (QED) is 0.754. The van der Waals surface area contributed by atoms with E-state index in [2.05, 4.69) is 14.8 Å². The van der Waals surface area contributed by atoms with E-state index in [1.165, 1.54) is 18.2 Å². The highest BCUT2D eigenvalue weighted by Crippen LogP contribution is 2.32. The van der Waals surface area contributed by atoms with Crippen molar-refractivity contribution in [3.63, 3.8) is 0 Å². The molecule has 0 saturated carbocycles. The minimum atomic E-state index is -0.869. The van der Waals surface area contributed by atoms with Gasteiger partial charge in [-0.15, -0.1) is 0 Å². The SMILES string of the molecule is O=C1C2=C(CCN(Cc3ccc(F)c(F)c3)C2)N2CCN=C2N1Cc1ccc(F)cc1. The van der Waals surface area contributed by atoms with Crippen molar-refractivity contribution in [1.29, 1.82) is 0 Å². The Bertz CT molecular complexity index is 1100. The van der Waals surface area contributed by atoms with Gasteiger partial charge >= 0.3 is 0 Å². The number of benzene rings is 2. The van der Waals surface area contributed by atoms with Gasteiger partial charge in [-0.2, -0.15) is 0 Å². The highest BCUT2D eigenvalue weighted by atomic mass is 19.2. The Morgan fingerprint density at radius 1 is 0.903 bits per heavy atom. The minimum absolute atomic E-state index is 0.105. The van der Waals surface area contributed by atoms with E-state index in [4.69, 9.17) is 0 Å². The third-order valence-electron chi connectivity index (χ3n) is 5.93. The van der Waals surface area contributed by atoms with Crippen molar-refractivity contribution in [3.05, 3.63) is 82.3 Å². The summed E-state index contributed by atoms with van der Waals surface area (Å²) < 4.78 is 40.1. The van der Waals surface area contributed by atoms with Crippen molar-refractivity contribution in [1.82, 2.24) is 14.7 Å².